The van der Waals surface area contributed by atoms with Crippen molar-refractivity contribution >= 4 is 5.82 Å². The van der Waals surface area contributed by atoms with Crippen LogP contribution in [0.25, 0.3) is 0 Å². The number of phenols is 1. The molecule has 5 nitrogen and oxygen atoms in total. The number of benzene rings is 1. The van der Waals surface area contributed by atoms with E-state index < -0.39 is 0 Å². The normalized spacial score (nSPS) is 19.0. The van der Waals surface area contributed by atoms with E-state index in [-0.39, 0.29) is 11.6 Å². The minimum atomic E-state index is 0.0368. The number of ether oxygens (including phenoxy) is 1. The molecule has 0 aliphatic carbocycles. The van der Waals surface area contributed by atoms with Gasteiger partial charge in [-0.25, -0.2) is 4.98 Å². The third-order valence-corrected chi connectivity index (χ3v) is 5.07. The average molecular weight is 341 g/mol. The molecule has 1 aromatic carbocycles. The Labute approximate surface area is 149 Å². The maximum Gasteiger partial charge on any atom is 0.123 e. The number of rotatable bonds is 5. The number of anilines is 1. The van der Waals surface area contributed by atoms with Gasteiger partial charge in [0.2, 0.25) is 0 Å². The minimum absolute atomic E-state index is 0.0368. The number of hydrogen-bond donors (Lipinski definition) is 2. The first-order valence-corrected chi connectivity index (χ1v) is 8.80. The Bertz CT molecular complexity index is 683. The van der Waals surface area contributed by atoms with Gasteiger partial charge >= 0.3 is 0 Å². The van der Waals surface area contributed by atoms with E-state index in [4.69, 9.17) is 10.5 Å². The maximum absolute atomic E-state index is 9.41. The van der Waals surface area contributed by atoms with Crippen molar-refractivity contribution in [1.29, 1.82) is 0 Å². The molecular formula is C20H27N3O2. The predicted molar refractivity (Wildman–Crippen MR) is 99.4 cm³/mol. The highest BCUT2D eigenvalue weighted by atomic mass is 16.5. The molecule has 2 aromatic rings. The number of nitrogen functional groups attached to an aromatic ring is 1. The van der Waals surface area contributed by atoms with E-state index in [9.17, 15) is 5.11 Å². The summed E-state index contributed by atoms with van der Waals surface area (Å²) >= 11 is 0. The Kier molecular flexibility index (Phi) is 5.25. The van der Waals surface area contributed by atoms with Crippen LogP contribution in [-0.4, -0.2) is 40.2 Å². The number of phenolic OH excluding ortho intramolecular Hbond substituents is 1. The molecule has 0 radical (unpaired) electrons. The van der Waals surface area contributed by atoms with Gasteiger partial charge in [-0.15, -0.1) is 0 Å². The first-order chi connectivity index (χ1) is 11.9. The molecular weight excluding hydrogens is 314 g/mol. The molecule has 0 amide bonds. The number of aromatic hydroxyl groups is 1. The summed E-state index contributed by atoms with van der Waals surface area (Å²) in [6, 6.07) is 11.3. The molecule has 1 saturated heterocycles. The van der Waals surface area contributed by atoms with Crippen LogP contribution in [0.3, 0.4) is 0 Å². The smallest absolute Gasteiger partial charge is 0.123 e. The number of nitrogens with two attached hydrogens (primary N) is 1. The van der Waals surface area contributed by atoms with Crippen molar-refractivity contribution in [3.05, 3.63) is 53.7 Å². The lowest BCUT2D eigenvalue weighted by atomic mass is 9.92. The fourth-order valence-electron chi connectivity index (χ4n) is 3.28. The number of nitrogens with zero attached hydrogens (tertiary/aromatic N) is 2. The molecule has 3 rings (SSSR count). The highest BCUT2D eigenvalue weighted by Crippen LogP contribution is 2.29. The molecule has 2 heterocycles. The highest BCUT2D eigenvalue weighted by molar-refractivity contribution is 5.30. The first-order valence-electron chi connectivity index (χ1n) is 8.80. The number of hydrogen-bond acceptors (Lipinski definition) is 5. The second kappa shape index (κ2) is 7.42. The number of pyridine rings is 1. The molecule has 0 saturated carbocycles. The van der Waals surface area contributed by atoms with E-state index in [0.717, 1.165) is 38.1 Å². The summed E-state index contributed by atoms with van der Waals surface area (Å²) in [5.74, 6) is 0.849. The van der Waals surface area contributed by atoms with Crippen LogP contribution in [0, 0.1) is 0 Å². The molecule has 1 aliphatic rings. The molecule has 1 aromatic heterocycles. The molecule has 3 N–H and O–H groups in total. The SMILES string of the molecule is CC(C)(CCc1ccc(O)cc1)N1CCOC(c2ccc(N)nc2)C1. The van der Waals surface area contributed by atoms with Gasteiger partial charge in [0.05, 0.1) is 12.7 Å². The van der Waals surface area contributed by atoms with Gasteiger partial charge in [0.1, 0.15) is 11.6 Å². The van der Waals surface area contributed by atoms with Crippen LogP contribution in [0.5, 0.6) is 5.75 Å². The summed E-state index contributed by atoms with van der Waals surface area (Å²) in [6.07, 6.45) is 3.88. The van der Waals surface area contributed by atoms with Crippen molar-refractivity contribution in [3.63, 3.8) is 0 Å². The molecule has 134 valence electrons. The summed E-state index contributed by atoms with van der Waals surface area (Å²) in [5.41, 5.74) is 8.08. The average Bonchev–Trinajstić information content (AvgIpc) is 2.62. The summed E-state index contributed by atoms with van der Waals surface area (Å²) < 4.78 is 5.95. The molecule has 0 bridgehead atoms. The van der Waals surface area contributed by atoms with E-state index in [2.05, 4.69) is 23.7 Å². The van der Waals surface area contributed by atoms with Gasteiger partial charge in [-0.1, -0.05) is 18.2 Å². The number of morpholine rings is 1. The lowest BCUT2D eigenvalue weighted by molar-refractivity contribution is -0.0655. The van der Waals surface area contributed by atoms with Gasteiger partial charge in [0.25, 0.3) is 0 Å². The highest BCUT2D eigenvalue weighted by Gasteiger charge is 2.32. The molecule has 5 heteroatoms. The second-order valence-electron chi connectivity index (χ2n) is 7.30. The van der Waals surface area contributed by atoms with Crippen molar-refractivity contribution in [3.8, 4) is 5.75 Å². The Morgan fingerprint density at radius 1 is 1.24 bits per heavy atom. The van der Waals surface area contributed by atoms with Crippen LogP contribution in [-0.2, 0) is 11.2 Å². The van der Waals surface area contributed by atoms with Crippen molar-refractivity contribution < 1.29 is 9.84 Å². The Morgan fingerprint density at radius 2 is 2.00 bits per heavy atom. The molecule has 1 aliphatic heterocycles. The lowest BCUT2D eigenvalue weighted by Gasteiger charge is -2.43. The van der Waals surface area contributed by atoms with Gasteiger partial charge in [-0.2, -0.15) is 0 Å². The van der Waals surface area contributed by atoms with E-state index in [1.54, 1.807) is 12.1 Å². The molecule has 1 unspecified atom stereocenters. The molecule has 1 fully saturated rings. The zero-order valence-electron chi connectivity index (χ0n) is 15.0. The first kappa shape index (κ1) is 17.7. The van der Waals surface area contributed by atoms with Crippen molar-refractivity contribution in [2.45, 2.75) is 38.3 Å². The lowest BCUT2D eigenvalue weighted by Crippen LogP contribution is -2.50. The van der Waals surface area contributed by atoms with Gasteiger partial charge in [-0.3, -0.25) is 4.90 Å². The third-order valence-electron chi connectivity index (χ3n) is 5.07. The van der Waals surface area contributed by atoms with E-state index >= 15 is 0 Å². The quantitative estimate of drug-likeness (QED) is 0.874. The minimum Gasteiger partial charge on any atom is -0.508 e. The molecule has 0 spiro atoms. The fraction of sp³-hybridized carbons (Fsp3) is 0.450. The van der Waals surface area contributed by atoms with Crippen molar-refractivity contribution in [2.24, 2.45) is 0 Å². The van der Waals surface area contributed by atoms with Crippen LogP contribution < -0.4 is 5.73 Å². The zero-order valence-corrected chi connectivity index (χ0v) is 15.0. The predicted octanol–water partition coefficient (Wildman–Crippen LogP) is 3.15. The largest absolute Gasteiger partial charge is 0.508 e. The summed E-state index contributed by atoms with van der Waals surface area (Å²) in [7, 11) is 0. The van der Waals surface area contributed by atoms with E-state index in [0.29, 0.717) is 11.6 Å². The molecule has 25 heavy (non-hydrogen) atoms. The fourth-order valence-corrected chi connectivity index (χ4v) is 3.28. The van der Waals surface area contributed by atoms with Gasteiger partial charge in [0, 0.05) is 30.4 Å². The monoisotopic (exact) mass is 341 g/mol. The summed E-state index contributed by atoms with van der Waals surface area (Å²) in [5, 5.41) is 9.41. The van der Waals surface area contributed by atoms with E-state index in [1.165, 1.54) is 5.56 Å². The van der Waals surface area contributed by atoms with Crippen LogP contribution in [0.2, 0.25) is 0 Å². The van der Waals surface area contributed by atoms with Crippen LogP contribution in [0.4, 0.5) is 5.82 Å². The number of aryl methyl sites for hydroxylation is 1. The van der Waals surface area contributed by atoms with Gasteiger partial charge in [-0.05, 0) is 50.5 Å². The van der Waals surface area contributed by atoms with Gasteiger partial charge in [0.15, 0.2) is 0 Å². The summed E-state index contributed by atoms with van der Waals surface area (Å²) in [4.78, 5) is 6.68. The third kappa shape index (κ3) is 4.50. The van der Waals surface area contributed by atoms with Crippen LogP contribution in [0.1, 0.15) is 37.5 Å². The Morgan fingerprint density at radius 3 is 2.68 bits per heavy atom. The maximum atomic E-state index is 9.41. The second-order valence-corrected chi connectivity index (χ2v) is 7.30. The van der Waals surface area contributed by atoms with Crippen molar-refractivity contribution in [2.75, 3.05) is 25.4 Å². The van der Waals surface area contributed by atoms with Crippen molar-refractivity contribution in [1.82, 2.24) is 9.88 Å². The van der Waals surface area contributed by atoms with Crippen LogP contribution in [0.15, 0.2) is 42.6 Å². The van der Waals surface area contributed by atoms with Crippen LogP contribution >= 0.6 is 0 Å². The molecule has 1 atom stereocenters. The zero-order chi connectivity index (χ0) is 17.9. The topological polar surface area (TPSA) is 71.6 Å². The van der Waals surface area contributed by atoms with E-state index in [1.807, 2.05) is 30.5 Å². The standard InChI is InChI=1S/C20H27N3O2/c1-20(2,10-9-15-3-6-17(24)7-4-15)23-11-12-25-18(14-23)16-5-8-19(21)22-13-16/h3-8,13,18,24H,9-12,14H2,1-2H3,(H2,21,22). The summed E-state index contributed by atoms with van der Waals surface area (Å²) in [6.45, 7) is 7.08. The number of aromatic nitrogens is 1. The Hall–Kier alpha value is -2.11. The van der Waals surface area contributed by atoms with Gasteiger partial charge < -0.3 is 15.6 Å². The Balaban J connectivity index is 1.62.